The number of likely N-dealkylation sites (N-methyl/N-ethyl adjacent to an activating group) is 1. The third kappa shape index (κ3) is 6.15. The summed E-state index contributed by atoms with van der Waals surface area (Å²) in [6.07, 6.45) is 0.675. The van der Waals surface area contributed by atoms with Crippen molar-refractivity contribution in [2.45, 2.75) is 33.2 Å². The van der Waals surface area contributed by atoms with Crippen molar-refractivity contribution >= 4 is 29.1 Å². The Hall–Kier alpha value is -3.20. The van der Waals surface area contributed by atoms with Crippen LogP contribution in [0.4, 0.5) is 17.3 Å². The zero-order chi connectivity index (χ0) is 22.3. The summed E-state index contributed by atoms with van der Waals surface area (Å²) in [4.78, 5) is 34.5. The molecule has 1 aromatic heterocycles. The van der Waals surface area contributed by atoms with Gasteiger partial charge in [-0.2, -0.15) is 0 Å². The van der Waals surface area contributed by atoms with Gasteiger partial charge in [-0.25, -0.2) is 9.97 Å². The molecule has 5 N–H and O–H groups in total. The van der Waals surface area contributed by atoms with Crippen molar-refractivity contribution in [2.24, 2.45) is 5.73 Å². The highest BCUT2D eigenvalue weighted by atomic mass is 16.2. The first-order chi connectivity index (χ1) is 14.2. The Balaban J connectivity index is 2.23. The first-order valence-corrected chi connectivity index (χ1v) is 9.91. The molecule has 0 fully saturated rings. The number of hydrogen-bond donors (Lipinski definition) is 4. The number of carbonyl (C=O) groups is 2. The molecular weight excluding hydrogens is 382 g/mol. The molecule has 2 amide bonds. The summed E-state index contributed by atoms with van der Waals surface area (Å²) in [5.41, 5.74) is 8.05. The van der Waals surface area contributed by atoms with E-state index in [-0.39, 0.29) is 24.2 Å². The Kier molecular flexibility index (Phi) is 8.11. The predicted octanol–water partition coefficient (Wildman–Crippen LogP) is 1.35. The Morgan fingerprint density at radius 3 is 2.60 bits per heavy atom. The Labute approximate surface area is 177 Å². The third-order valence-corrected chi connectivity index (χ3v) is 4.65. The van der Waals surface area contributed by atoms with Crippen LogP contribution in [-0.4, -0.2) is 55.0 Å². The van der Waals surface area contributed by atoms with E-state index in [9.17, 15) is 9.59 Å². The number of aryl methyl sites for hydroxylation is 1. The first kappa shape index (κ1) is 23.1. The molecule has 0 spiro atoms. The first-order valence-electron chi connectivity index (χ1n) is 9.91. The number of hydrogen-bond acceptors (Lipinski definition) is 7. The van der Waals surface area contributed by atoms with Crippen LogP contribution in [0.2, 0.25) is 0 Å². The largest absolute Gasteiger partial charge is 0.364 e. The van der Waals surface area contributed by atoms with Crippen LogP contribution in [-0.2, 0) is 11.2 Å². The van der Waals surface area contributed by atoms with Gasteiger partial charge in [-0.05, 0) is 51.9 Å². The second kappa shape index (κ2) is 10.5. The number of benzene rings is 1. The van der Waals surface area contributed by atoms with Crippen molar-refractivity contribution in [3.8, 4) is 0 Å². The van der Waals surface area contributed by atoms with Crippen LogP contribution >= 0.6 is 0 Å². The maximum absolute atomic E-state index is 11.9. The lowest BCUT2D eigenvalue weighted by atomic mass is 10.1. The molecule has 0 saturated heterocycles. The minimum absolute atomic E-state index is 0.0467. The van der Waals surface area contributed by atoms with Crippen LogP contribution in [0.1, 0.15) is 35.6 Å². The molecule has 0 radical (unpaired) electrons. The molecule has 0 aliphatic heterocycles. The molecule has 30 heavy (non-hydrogen) atoms. The molecule has 1 heterocycles. The van der Waals surface area contributed by atoms with Gasteiger partial charge in [0.2, 0.25) is 5.91 Å². The zero-order valence-corrected chi connectivity index (χ0v) is 18.2. The van der Waals surface area contributed by atoms with Crippen LogP contribution in [0, 0.1) is 6.92 Å². The van der Waals surface area contributed by atoms with Crippen molar-refractivity contribution in [3.05, 3.63) is 41.2 Å². The predicted molar refractivity (Wildman–Crippen MR) is 119 cm³/mol. The average molecular weight is 414 g/mol. The molecule has 9 heteroatoms. The molecule has 1 aromatic carbocycles. The van der Waals surface area contributed by atoms with Gasteiger partial charge in [0, 0.05) is 25.3 Å². The minimum Gasteiger partial charge on any atom is -0.364 e. The van der Waals surface area contributed by atoms with Gasteiger partial charge in [-0.3, -0.25) is 9.59 Å². The van der Waals surface area contributed by atoms with Crippen LogP contribution in [0.5, 0.6) is 0 Å². The third-order valence-electron chi connectivity index (χ3n) is 4.65. The summed E-state index contributed by atoms with van der Waals surface area (Å²) in [5.74, 6) is 0.306. The Morgan fingerprint density at radius 1 is 1.23 bits per heavy atom. The number of carbonyl (C=O) groups excluding carboxylic acids is 2. The number of primary amides is 1. The van der Waals surface area contributed by atoms with E-state index in [1.165, 1.54) is 0 Å². The van der Waals surface area contributed by atoms with Gasteiger partial charge in [0.05, 0.1) is 12.2 Å². The van der Waals surface area contributed by atoms with E-state index < -0.39 is 5.91 Å². The highest BCUT2D eigenvalue weighted by Gasteiger charge is 2.19. The van der Waals surface area contributed by atoms with E-state index >= 15 is 0 Å². The van der Waals surface area contributed by atoms with Crippen LogP contribution in [0.15, 0.2) is 24.3 Å². The monoisotopic (exact) mass is 413 g/mol. The van der Waals surface area contributed by atoms with Gasteiger partial charge in [0.1, 0.15) is 0 Å². The highest BCUT2D eigenvalue weighted by Crippen LogP contribution is 2.24. The van der Waals surface area contributed by atoms with E-state index in [0.717, 1.165) is 11.3 Å². The second-order valence-electron chi connectivity index (χ2n) is 7.35. The average Bonchev–Trinajstić information content (AvgIpc) is 2.68. The Morgan fingerprint density at radius 2 is 1.97 bits per heavy atom. The van der Waals surface area contributed by atoms with Crippen LogP contribution < -0.4 is 26.6 Å². The second-order valence-corrected chi connectivity index (χ2v) is 7.35. The lowest BCUT2D eigenvalue weighted by molar-refractivity contribution is -0.120. The SMILES string of the molecule is CNCC(=O)NCCc1cccc(Nc2nc(N(C)C(C)C)c(C)nc2C(N)=O)c1. The summed E-state index contributed by atoms with van der Waals surface area (Å²) in [5, 5.41) is 8.84. The van der Waals surface area contributed by atoms with E-state index in [1.807, 2.05) is 36.2 Å². The molecule has 0 atom stereocenters. The van der Waals surface area contributed by atoms with Gasteiger partial charge in [0.25, 0.3) is 5.91 Å². The summed E-state index contributed by atoms with van der Waals surface area (Å²) in [6.45, 7) is 6.73. The number of aromatic nitrogens is 2. The number of amides is 2. The van der Waals surface area contributed by atoms with Gasteiger partial charge >= 0.3 is 0 Å². The molecule has 162 valence electrons. The standard InChI is InChI=1S/C21H31N7O2/c1-13(2)28(5)21-14(3)25-18(19(22)30)20(27-21)26-16-8-6-7-15(11-16)9-10-24-17(29)12-23-4/h6-8,11,13,23H,9-10,12H2,1-5H3,(H2,22,30)(H,24,29)(H,26,27). The fourth-order valence-corrected chi connectivity index (χ4v) is 2.86. The number of nitrogens with zero attached hydrogens (tertiary/aromatic N) is 3. The maximum Gasteiger partial charge on any atom is 0.271 e. The van der Waals surface area contributed by atoms with E-state index in [1.54, 1.807) is 14.0 Å². The summed E-state index contributed by atoms with van der Waals surface area (Å²) in [6, 6.07) is 7.92. The highest BCUT2D eigenvalue weighted by molar-refractivity contribution is 5.96. The number of nitrogens with one attached hydrogen (secondary N) is 3. The smallest absolute Gasteiger partial charge is 0.271 e. The van der Waals surface area contributed by atoms with Crippen molar-refractivity contribution < 1.29 is 9.59 Å². The normalized spacial score (nSPS) is 10.7. The van der Waals surface area contributed by atoms with Gasteiger partial charge < -0.3 is 26.6 Å². The molecule has 2 rings (SSSR count). The van der Waals surface area contributed by atoms with E-state index in [4.69, 9.17) is 5.73 Å². The molecule has 0 unspecified atom stereocenters. The lowest BCUT2D eigenvalue weighted by Gasteiger charge is -2.25. The topological polar surface area (TPSA) is 125 Å². The summed E-state index contributed by atoms with van der Waals surface area (Å²) < 4.78 is 0. The van der Waals surface area contributed by atoms with Crippen molar-refractivity contribution in [1.29, 1.82) is 0 Å². The molecular formula is C21H31N7O2. The molecule has 0 aliphatic carbocycles. The van der Waals surface area contributed by atoms with Crippen molar-refractivity contribution in [2.75, 3.05) is 37.4 Å². The fourth-order valence-electron chi connectivity index (χ4n) is 2.86. The summed E-state index contributed by atoms with van der Waals surface area (Å²) in [7, 11) is 3.66. The maximum atomic E-state index is 11.9. The Bertz CT molecular complexity index is 899. The van der Waals surface area contributed by atoms with Gasteiger partial charge in [0.15, 0.2) is 17.3 Å². The van der Waals surface area contributed by atoms with Crippen LogP contribution in [0.3, 0.4) is 0 Å². The quantitative estimate of drug-likeness (QED) is 0.463. The summed E-state index contributed by atoms with van der Waals surface area (Å²) >= 11 is 0. The molecule has 9 nitrogen and oxygen atoms in total. The van der Waals surface area contributed by atoms with E-state index in [0.29, 0.717) is 30.3 Å². The van der Waals surface area contributed by atoms with Gasteiger partial charge in [-0.15, -0.1) is 0 Å². The van der Waals surface area contributed by atoms with Gasteiger partial charge in [-0.1, -0.05) is 12.1 Å². The molecule has 0 bridgehead atoms. The van der Waals surface area contributed by atoms with E-state index in [2.05, 4.69) is 39.8 Å². The lowest BCUT2D eigenvalue weighted by Crippen LogP contribution is -2.33. The number of nitrogens with two attached hydrogens (primary N) is 1. The fraction of sp³-hybridized carbons (Fsp3) is 0.429. The number of anilines is 3. The molecule has 0 saturated carbocycles. The minimum atomic E-state index is -0.643. The van der Waals surface area contributed by atoms with Crippen LogP contribution in [0.25, 0.3) is 0 Å². The molecule has 2 aromatic rings. The van der Waals surface area contributed by atoms with Crippen molar-refractivity contribution in [3.63, 3.8) is 0 Å². The zero-order valence-electron chi connectivity index (χ0n) is 18.2. The molecule has 0 aliphatic rings. The number of rotatable bonds is 10. The van der Waals surface area contributed by atoms with Crippen molar-refractivity contribution in [1.82, 2.24) is 20.6 Å².